The fourth-order valence-electron chi connectivity index (χ4n) is 4.98. The average Bonchev–Trinajstić information content (AvgIpc) is 3.38. The molecule has 1 amide bonds. The van der Waals surface area contributed by atoms with E-state index in [1.54, 1.807) is 52.8 Å². The van der Waals surface area contributed by atoms with Crippen molar-refractivity contribution in [2.45, 2.75) is 96.7 Å². The van der Waals surface area contributed by atoms with E-state index in [1.807, 2.05) is 6.08 Å². The molecule has 0 radical (unpaired) electrons. The van der Waals surface area contributed by atoms with E-state index in [0.717, 1.165) is 6.42 Å². The molecule has 0 saturated heterocycles. The number of rotatable bonds is 4. The van der Waals surface area contributed by atoms with Gasteiger partial charge in [0, 0.05) is 0 Å². The van der Waals surface area contributed by atoms with Gasteiger partial charge in [-0.15, -0.1) is 10.2 Å². The third-order valence-electron chi connectivity index (χ3n) is 7.18. The molecule has 1 aliphatic heterocycles. The van der Waals surface area contributed by atoms with Crippen LogP contribution in [0.15, 0.2) is 46.4 Å². The van der Waals surface area contributed by atoms with Crippen LogP contribution in [-0.2, 0) is 27.7 Å². The van der Waals surface area contributed by atoms with Gasteiger partial charge in [-0.25, -0.2) is 9.78 Å². The fraction of sp³-hybridized carbons (Fsp3) is 0.548. The SMILES string of the molecule is CC1(C)C/C=C\CCC(OCC2=CCCC=C2)(C(F)(F)F)c2nnc(o2)-c2nc(c(C(F)(F)F)cc2NC(=O)OC(C)(C)C)C1. The molecular weight excluding hydrogens is 606 g/mol. The number of hydrogen-bond acceptors (Lipinski definition) is 7. The molecule has 8 nitrogen and oxygen atoms in total. The molecule has 4 rings (SSSR count). The van der Waals surface area contributed by atoms with Crippen LogP contribution in [0.25, 0.3) is 11.6 Å². The zero-order valence-electron chi connectivity index (χ0n) is 25.7. The summed E-state index contributed by atoms with van der Waals surface area (Å²) in [5.41, 5.74) is -6.83. The van der Waals surface area contributed by atoms with Crippen molar-refractivity contribution >= 4 is 11.8 Å². The van der Waals surface area contributed by atoms with Crippen LogP contribution in [0, 0.1) is 5.41 Å². The normalized spacial score (nSPS) is 21.4. The summed E-state index contributed by atoms with van der Waals surface area (Å²) in [6.45, 7) is 7.69. The second kappa shape index (κ2) is 12.6. The lowest BCUT2D eigenvalue weighted by molar-refractivity contribution is -0.292. The van der Waals surface area contributed by atoms with Crippen molar-refractivity contribution in [1.82, 2.24) is 15.2 Å². The predicted molar refractivity (Wildman–Crippen MR) is 153 cm³/mol. The number of nitrogens with one attached hydrogen (secondary N) is 1. The molecule has 2 aliphatic rings. The topological polar surface area (TPSA) is 99.4 Å². The second-order valence-electron chi connectivity index (χ2n) is 12.8. The number of carbonyl (C=O) groups excluding carboxylic acids is 1. The van der Waals surface area contributed by atoms with E-state index in [2.05, 4.69) is 20.5 Å². The summed E-state index contributed by atoms with van der Waals surface area (Å²) in [6, 6.07) is 0.651. The Morgan fingerprint density at radius 3 is 2.38 bits per heavy atom. The lowest BCUT2D eigenvalue weighted by Crippen LogP contribution is -2.45. The van der Waals surface area contributed by atoms with Gasteiger partial charge in [0.15, 0.2) is 5.69 Å². The van der Waals surface area contributed by atoms with Crippen molar-refractivity contribution in [3.63, 3.8) is 0 Å². The van der Waals surface area contributed by atoms with E-state index >= 15 is 0 Å². The van der Waals surface area contributed by atoms with Gasteiger partial charge in [0.05, 0.1) is 23.6 Å². The van der Waals surface area contributed by atoms with Gasteiger partial charge in [-0.3, -0.25) is 5.32 Å². The van der Waals surface area contributed by atoms with E-state index in [0.29, 0.717) is 18.1 Å². The molecule has 0 fully saturated rings. The van der Waals surface area contributed by atoms with Gasteiger partial charge in [-0.05, 0) is 76.4 Å². The number of alkyl halides is 6. The number of halogens is 6. The number of amides is 1. The van der Waals surface area contributed by atoms with Crippen molar-refractivity contribution in [3.05, 3.63) is 59.2 Å². The molecule has 0 aromatic carbocycles. The highest BCUT2D eigenvalue weighted by Gasteiger charge is 2.61. The number of allylic oxidation sites excluding steroid dienone is 4. The number of hydrogen-bond donors (Lipinski definition) is 1. The lowest BCUT2D eigenvalue weighted by Gasteiger charge is -2.32. The van der Waals surface area contributed by atoms with Crippen LogP contribution in [0.4, 0.5) is 36.8 Å². The summed E-state index contributed by atoms with van der Waals surface area (Å²) < 4.78 is 104. The van der Waals surface area contributed by atoms with Gasteiger partial charge in [0.1, 0.15) is 5.60 Å². The standard InChI is InChI=1S/C31H36F6N4O4/c1-27(2,3)45-26(42)39-21-16-20(30(32,33)34)22-17-28(4,5)14-10-7-11-15-29(31(35,36)37,43-18-19-12-8-6-9-13-19)25-41-40-24(44-25)23(21)38-22/h7-8,10,12-13,16H,6,9,11,14-15,17-18H2,1-5H3,(H,39,42)/b10-7-. The van der Waals surface area contributed by atoms with Crippen LogP contribution >= 0.6 is 0 Å². The van der Waals surface area contributed by atoms with Gasteiger partial charge in [0.2, 0.25) is 5.60 Å². The fourth-order valence-corrected chi connectivity index (χ4v) is 4.98. The summed E-state index contributed by atoms with van der Waals surface area (Å²) in [5.74, 6) is -1.58. The maximum atomic E-state index is 15.0. The Hall–Kier alpha value is -3.68. The predicted octanol–water partition coefficient (Wildman–Crippen LogP) is 8.86. The smallest absolute Gasteiger partial charge is 0.426 e. The monoisotopic (exact) mass is 642 g/mol. The molecule has 0 saturated carbocycles. The zero-order valence-corrected chi connectivity index (χ0v) is 25.7. The molecule has 4 bridgehead atoms. The lowest BCUT2D eigenvalue weighted by atomic mass is 9.82. The van der Waals surface area contributed by atoms with Crippen LogP contribution in [-0.4, -0.2) is 39.7 Å². The van der Waals surface area contributed by atoms with E-state index in [1.165, 1.54) is 6.08 Å². The maximum absolute atomic E-state index is 15.0. The number of pyridine rings is 1. The molecule has 1 atom stereocenters. The molecule has 2 aromatic heterocycles. The molecule has 0 spiro atoms. The summed E-state index contributed by atoms with van der Waals surface area (Å²) in [6.07, 6.45) is -1.82. The number of anilines is 1. The molecule has 45 heavy (non-hydrogen) atoms. The first kappa shape index (κ1) is 34.2. The Bertz CT molecular complexity index is 1480. The highest BCUT2D eigenvalue weighted by Crippen LogP contribution is 2.47. The number of nitrogens with zero attached hydrogens (tertiary/aromatic N) is 3. The molecule has 14 heteroatoms. The number of aromatic nitrogens is 3. The number of fused-ring (bicyclic) bond motifs is 5. The van der Waals surface area contributed by atoms with Gasteiger partial charge in [-0.2, -0.15) is 26.3 Å². The maximum Gasteiger partial charge on any atom is 0.426 e. The molecule has 3 heterocycles. The Morgan fingerprint density at radius 2 is 1.76 bits per heavy atom. The first-order valence-electron chi connectivity index (χ1n) is 14.5. The Kier molecular flexibility index (Phi) is 9.58. The zero-order chi connectivity index (χ0) is 33.3. The molecule has 1 N–H and O–H groups in total. The Morgan fingerprint density at radius 1 is 1.02 bits per heavy atom. The van der Waals surface area contributed by atoms with Crippen LogP contribution < -0.4 is 5.32 Å². The quantitative estimate of drug-likeness (QED) is 0.263. The van der Waals surface area contributed by atoms with E-state index in [4.69, 9.17) is 13.9 Å². The number of carbonyl (C=O) groups is 1. The van der Waals surface area contributed by atoms with Crippen LogP contribution in [0.3, 0.4) is 0 Å². The van der Waals surface area contributed by atoms with Crippen molar-refractivity contribution in [3.8, 4) is 11.6 Å². The molecule has 2 aromatic rings. The minimum Gasteiger partial charge on any atom is -0.444 e. The molecular formula is C31H36F6N4O4. The van der Waals surface area contributed by atoms with E-state index in [9.17, 15) is 31.1 Å². The minimum absolute atomic E-state index is 0.106. The summed E-state index contributed by atoms with van der Waals surface area (Å²) in [4.78, 5) is 16.9. The highest BCUT2D eigenvalue weighted by atomic mass is 19.4. The number of ether oxygens (including phenoxy) is 2. The van der Waals surface area contributed by atoms with Gasteiger partial charge < -0.3 is 13.9 Å². The van der Waals surface area contributed by atoms with Crippen molar-refractivity contribution in [2.24, 2.45) is 5.41 Å². The summed E-state index contributed by atoms with van der Waals surface area (Å²) >= 11 is 0. The average molecular weight is 643 g/mol. The van der Waals surface area contributed by atoms with Gasteiger partial charge in [-0.1, -0.05) is 44.2 Å². The second-order valence-corrected chi connectivity index (χ2v) is 12.8. The van der Waals surface area contributed by atoms with Crippen LogP contribution in [0.2, 0.25) is 0 Å². The molecule has 1 unspecified atom stereocenters. The van der Waals surface area contributed by atoms with Crippen molar-refractivity contribution in [2.75, 3.05) is 11.9 Å². The van der Waals surface area contributed by atoms with Crippen LogP contribution in [0.5, 0.6) is 0 Å². The Labute approximate surface area is 257 Å². The van der Waals surface area contributed by atoms with Crippen LogP contribution in [0.1, 0.15) is 83.9 Å². The molecule has 246 valence electrons. The van der Waals surface area contributed by atoms with E-state index in [-0.39, 0.29) is 19.3 Å². The summed E-state index contributed by atoms with van der Waals surface area (Å²) in [5, 5.41) is 9.71. The highest BCUT2D eigenvalue weighted by molar-refractivity contribution is 5.89. The largest absolute Gasteiger partial charge is 0.444 e. The first-order valence-corrected chi connectivity index (χ1v) is 14.5. The minimum atomic E-state index is -5.03. The summed E-state index contributed by atoms with van der Waals surface area (Å²) in [7, 11) is 0. The van der Waals surface area contributed by atoms with Crippen molar-refractivity contribution < 1.29 is 45.0 Å². The Balaban J connectivity index is 1.92. The van der Waals surface area contributed by atoms with Crippen molar-refractivity contribution in [1.29, 1.82) is 0 Å². The first-order chi connectivity index (χ1) is 20.8. The van der Waals surface area contributed by atoms with Gasteiger partial charge in [0.25, 0.3) is 11.8 Å². The third-order valence-corrected chi connectivity index (χ3v) is 7.18. The van der Waals surface area contributed by atoms with E-state index < -0.39 is 82.5 Å². The van der Waals surface area contributed by atoms with Gasteiger partial charge >= 0.3 is 18.4 Å². The third kappa shape index (κ3) is 8.33. The molecule has 1 aliphatic carbocycles.